The van der Waals surface area contributed by atoms with Crippen LogP contribution >= 0.6 is 0 Å². The molecule has 1 aromatic rings. The minimum atomic E-state index is -0.380. The molecule has 0 bridgehead atoms. The topological polar surface area (TPSA) is 51.5 Å². The van der Waals surface area contributed by atoms with Gasteiger partial charge in [0.15, 0.2) is 0 Å². The Morgan fingerprint density at radius 1 is 1.69 bits per heavy atom. The van der Waals surface area contributed by atoms with Crippen LogP contribution < -0.4 is 0 Å². The van der Waals surface area contributed by atoms with E-state index >= 15 is 0 Å². The number of ether oxygens (including phenoxy) is 1. The molecule has 2 rings (SSSR count). The van der Waals surface area contributed by atoms with Crippen molar-refractivity contribution in [2.75, 3.05) is 7.11 Å². The first kappa shape index (κ1) is 11.2. The zero-order valence-electron chi connectivity index (χ0n) is 9.64. The van der Waals surface area contributed by atoms with Gasteiger partial charge in [-0.2, -0.15) is 0 Å². The van der Waals surface area contributed by atoms with Crippen molar-refractivity contribution in [1.29, 1.82) is 0 Å². The average Bonchev–Trinajstić information content (AvgIpc) is 2.72. The van der Waals surface area contributed by atoms with E-state index in [2.05, 4.69) is 0 Å². The number of fused-ring (bicyclic) bond motifs is 1. The third-order valence-electron chi connectivity index (χ3n) is 3.27. The molecule has 1 N–H and O–H groups in total. The fraction of sp³-hybridized carbons (Fsp3) is 0.583. The lowest BCUT2D eigenvalue weighted by molar-refractivity contribution is -0.144. The lowest BCUT2D eigenvalue weighted by Crippen LogP contribution is -2.21. The highest BCUT2D eigenvalue weighted by Gasteiger charge is 2.25. The van der Waals surface area contributed by atoms with E-state index in [4.69, 9.17) is 4.74 Å². The minimum Gasteiger partial charge on any atom is -0.467 e. The van der Waals surface area contributed by atoms with Crippen molar-refractivity contribution < 1.29 is 14.6 Å². The van der Waals surface area contributed by atoms with E-state index in [1.165, 1.54) is 7.11 Å². The molecule has 0 spiro atoms. The van der Waals surface area contributed by atoms with Gasteiger partial charge in [-0.3, -0.25) is 0 Å². The molecule has 16 heavy (non-hydrogen) atoms. The maximum absolute atomic E-state index is 11.5. The van der Waals surface area contributed by atoms with Crippen molar-refractivity contribution in [3.05, 3.63) is 23.5 Å². The van der Waals surface area contributed by atoms with Gasteiger partial charge in [-0.25, -0.2) is 4.79 Å². The van der Waals surface area contributed by atoms with Crippen LogP contribution in [-0.4, -0.2) is 22.8 Å². The van der Waals surface area contributed by atoms with Crippen LogP contribution in [0.1, 0.15) is 43.2 Å². The zero-order chi connectivity index (χ0) is 11.7. The van der Waals surface area contributed by atoms with E-state index < -0.39 is 0 Å². The number of hydrogen-bond acceptors (Lipinski definition) is 3. The Morgan fingerprint density at radius 2 is 2.44 bits per heavy atom. The molecule has 0 aromatic carbocycles. The Kier molecular flexibility index (Phi) is 3.01. The van der Waals surface area contributed by atoms with Gasteiger partial charge < -0.3 is 14.4 Å². The van der Waals surface area contributed by atoms with Crippen molar-refractivity contribution in [1.82, 2.24) is 4.57 Å². The molecule has 0 saturated heterocycles. The summed E-state index contributed by atoms with van der Waals surface area (Å²) in [6, 6.07) is 1.58. The number of nitrogens with zero attached hydrogens (tertiary/aromatic N) is 1. The van der Waals surface area contributed by atoms with Crippen LogP contribution in [0.15, 0.2) is 12.3 Å². The SMILES string of the molecule is COC(=O)C(C)n1ccc2c1CCCC2O. The summed E-state index contributed by atoms with van der Waals surface area (Å²) < 4.78 is 6.64. The first-order valence-electron chi connectivity index (χ1n) is 5.60. The van der Waals surface area contributed by atoms with Crippen LogP contribution in [0.5, 0.6) is 0 Å². The molecule has 2 atom stereocenters. The summed E-state index contributed by atoms with van der Waals surface area (Å²) >= 11 is 0. The van der Waals surface area contributed by atoms with Gasteiger partial charge in [0, 0.05) is 17.5 Å². The van der Waals surface area contributed by atoms with Crippen molar-refractivity contribution in [3.8, 4) is 0 Å². The molecular weight excluding hydrogens is 206 g/mol. The molecule has 0 saturated carbocycles. The first-order chi connectivity index (χ1) is 7.65. The van der Waals surface area contributed by atoms with Crippen LogP contribution in [0.4, 0.5) is 0 Å². The fourth-order valence-corrected chi connectivity index (χ4v) is 2.34. The van der Waals surface area contributed by atoms with Crippen molar-refractivity contribution in [2.24, 2.45) is 0 Å². The van der Waals surface area contributed by atoms with Gasteiger partial charge in [0.1, 0.15) is 6.04 Å². The monoisotopic (exact) mass is 223 g/mol. The van der Waals surface area contributed by atoms with Gasteiger partial charge in [-0.15, -0.1) is 0 Å². The summed E-state index contributed by atoms with van der Waals surface area (Å²) in [6.45, 7) is 1.81. The molecule has 88 valence electrons. The third kappa shape index (κ3) is 1.73. The number of esters is 1. The highest BCUT2D eigenvalue weighted by molar-refractivity contribution is 5.73. The Hall–Kier alpha value is -1.29. The second-order valence-corrected chi connectivity index (χ2v) is 4.23. The maximum atomic E-state index is 11.5. The normalized spacial score (nSPS) is 21.3. The van der Waals surface area contributed by atoms with Crippen LogP contribution in [-0.2, 0) is 16.0 Å². The van der Waals surface area contributed by atoms with E-state index in [9.17, 15) is 9.90 Å². The van der Waals surface area contributed by atoms with Gasteiger partial charge in [0.25, 0.3) is 0 Å². The molecule has 4 heteroatoms. The predicted octanol–water partition coefficient (Wildman–Crippen LogP) is 1.59. The molecule has 0 radical (unpaired) electrons. The van der Waals surface area contributed by atoms with Crippen LogP contribution in [0.3, 0.4) is 0 Å². The average molecular weight is 223 g/mol. The van der Waals surface area contributed by atoms with Gasteiger partial charge in [0.2, 0.25) is 0 Å². The number of hydrogen-bond donors (Lipinski definition) is 1. The largest absolute Gasteiger partial charge is 0.467 e. The molecule has 0 amide bonds. The minimum absolute atomic E-state index is 0.251. The molecule has 1 aliphatic carbocycles. The lowest BCUT2D eigenvalue weighted by Gasteiger charge is -2.22. The summed E-state index contributed by atoms with van der Waals surface area (Å²) in [6.07, 6.45) is 4.17. The number of carbonyl (C=O) groups excluding carboxylic acids is 1. The van der Waals surface area contributed by atoms with E-state index in [1.54, 1.807) is 0 Å². The second-order valence-electron chi connectivity index (χ2n) is 4.23. The lowest BCUT2D eigenvalue weighted by atomic mass is 9.95. The third-order valence-corrected chi connectivity index (χ3v) is 3.27. The Labute approximate surface area is 94.8 Å². The maximum Gasteiger partial charge on any atom is 0.328 e. The van der Waals surface area contributed by atoms with Crippen LogP contribution in [0, 0.1) is 0 Å². The van der Waals surface area contributed by atoms with E-state index in [1.807, 2.05) is 23.8 Å². The molecule has 1 aromatic heterocycles. The number of methoxy groups -OCH3 is 1. The summed E-state index contributed by atoms with van der Waals surface area (Å²) in [7, 11) is 1.39. The Balaban J connectivity index is 2.33. The number of aromatic nitrogens is 1. The standard InChI is InChI=1S/C12H17NO3/c1-8(12(15)16-2)13-7-6-9-10(13)4-3-5-11(9)14/h6-8,11,14H,3-5H2,1-2H3. The van der Waals surface area contributed by atoms with Gasteiger partial charge in [-0.1, -0.05) is 0 Å². The molecule has 1 heterocycles. The highest BCUT2D eigenvalue weighted by Crippen LogP contribution is 2.32. The Morgan fingerprint density at radius 3 is 3.12 bits per heavy atom. The number of aliphatic hydroxyl groups is 1. The smallest absolute Gasteiger partial charge is 0.328 e. The molecular formula is C12H17NO3. The van der Waals surface area contributed by atoms with Gasteiger partial charge in [0.05, 0.1) is 13.2 Å². The fourth-order valence-electron chi connectivity index (χ4n) is 2.34. The highest BCUT2D eigenvalue weighted by atomic mass is 16.5. The Bertz CT molecular complexity index is 397. The van der Waals surface area contributed by atoms with Crippen LogP contribution in [0.25, 0.3) is 0 Å². The van der Waals surface area contributed by atoms with Crippen LogP contribution in [0.2, 0.25) is 0 Å². The van der Waals surface area contributed by atoms with Crippen molar-refractivity contribution in [3.63, 3.8) is 0 Å². The van der Waals surface area contributed by atoms with E-state index in [-0.39, 0.29) is 18.1 Å². The van der Waals surface area contributed by atoms with Gasteiger partial charge in [-0.05, 0) is 32.3 Å². The zero-order valence-corrected chi connectivity index (χ0v) is 9.64. The number of carbonyl (C=O) groups is 1. The summed E-state index contributed by atoms with van der Waals surface area (Å²) in [5.74, 6) is -0.251. The summed E-state index contributed by atoms with van der Waals surface area (Å²) in [4.78, 5) is 11.5. The quantitative estimate of drug-likeness (QED) is 0.775. The molecule has 2 unspecified atom stereocenters. The molecule has 4 nitrogen and oxygen atoms in total. The summed E-state index contributed by atoms with van der Waals surface area (Å²) in [5, 5.41) is 9.82. The van der Waals surface area contributed by atoms with Gasteiger partial charge >= 0.3 is 5.97 Å². The molecule has 0 aliphatic heterocycles. The second kappa shape index (κ2) is 4.29. The number of rotatable bonds is 2. The van der Waals surface area contributed by atoms with E-state index in [0.717, 1.165) is 30.5 Å². The predicted molar refractivity (Wildman–Crippen MR) is 59.1 cm³/mol. The summed E-state index contributed by atoms with van der Waals surface area (Å²) in [5.41, 5.74) is 2.03. The number of aliphatic hydroxyl groups excluding tert-OH is 1. The van der Waals surface area contributed by atoms with E-state index in [0.29, 0.717) is 0 Å². The molecule has 0 fully saturated rings. The van der Waals surface area contributed by atoms with Crippen molar-refractivity contribution in [2.45, 2.75) is 38.3 Å². The van der Waals surface area contributed by atoms with Crippen molar-refractivity contribution >= 4 is 5.97 Å². The first-order valence-corrected chi connectivity index (χ1v) is 5.60. The molecule has 1 aliphatic rings.